The van der Waals surface area contributed by atoms with Gasteiger partial charge in [0, 0.05) is 12.7 Å². The van der Waals surface area contributed by atoms with Crippen molar-refractivity contribution in [2.24, 2.45) is 0 Å². The number of hydrogen-bond donors (Lipinski definition) is 0. The molecule has 2 rings (SSSR count). The number of fused-ring (bicyclic) bond motifs is 1. The SMILES string of the molecule is CCOC(=O)CN(C)c1ccc2c(c1)CCCC2. The first-order chi connectivity index (χ1) is 8.70. The number of nitrogens with zero attached hydrogens (tertiary/aromatic N) is 1. The fraction of sp³-hybridized carbons (Fsp3) is 0.533. The average Bonchev–Trinajstić information content (AvgIpc) is 2.38. The molecule has 1 aliphatic rings. The van der Waals surface area contributed by atoms with E-state index in [0.717, 1.165) is 12.1 Å². The van der Waals surface area contributed by atoms with Crippen molar-refractivity contribution in [3.05, 3.63) is 29.3 Å². The summed E-state index contributed by atoms with van der Waals surface area (Å²) in [6.45, 7) is 2.58. The number of ether oxygens (including phenoxy) is 1. The number of carbonyl (C=O) groups excluding carboxylic acids is 1. The molecule has 0 aromatic heterocycles. The minimum absolute atomic E-state index is 0.169. The average molecular weight is 247 g/mol. The largest absolute Gasteiger partial charge is 0.465 e. The van der Waals surface area contributed by atoms with Crippen molar-refractivity contribution >= 4 is 11.7 Å². The molecule has 1 aromatic carbocycles. The van der Waals surface area contributed by atoms with E-state index in [1.54, 1.807) is 0 Å². The normalized spacial score (nSPS) is 13.9. The number of benzene rings is 1. The van der Waals surface area contributed by atoms with E-state index in [2.05, 4.69) is 18.2 Å². The zero-order valence-corrected chi connectivity index (χ0v) is 11.2. The van der Waals surface area contributed by atoms with Gasteiger partial charge in [-0.25, -0.2) is 0 Å². The van der Waals surface area contributed by atoms with E-state index in [4.69, 9.17) is 4.74 Å². The maximum atomic E-state index is 11.5. The van der Waals surface area contributed by atoms with Crippen LogP contribution in [0.1, 0.15) is 30.9 Å². The van der Waals surface area contributed by atoms with Crippen molar-refractivity contribution < 1.29 is 9.53 Å². The van der Waals surface area contributed by atoms with Crippen molar-refractivity contribution in [3.63, 3.8) is 0 Å². The van der Waals surface area contributed by atoms with Crippen molar-refractivity contribution in [2.45, 2.75) is 32.6 Å². The summed E-state index contributed by atoms with van der Waals surface area (Å²) in [4.78, 5) is 13.4. The smallest absolute Gasteiger partial charge is 0.325 e. The summed E-state index contributed by atoms with van der Waals surface area (Å²) in [5.41, 5.74) is 4.01. The lowest BCUT2D eigenvalue weighted by atomic mass is 9.91. The third-order valence-electron chi connectivity index (χ3n) is 3.44. The van der Waals surface area contributed by atoms with Crippen molar-refractivity contribution in [2.75, 3.05) is 25.1 Å². The highest BCUT2D eigenvalue weighted by atomic mass is 16.5. The third-order valence-corrected chi connectivity index (χ3v) is 3.44. The van der Waals surface area contributed by atoms with E-state index >= 15 is 0 Å². The van der Waals surface area contributed by atoms with Gasteiger partial charge in [0.2, 0.25) is 0 Å². The number of anilines is 1. The second kappa shape index (κ2) is 5.89. The Labute approximate surface area is 109 Å². The molecule has 0 saturated carbocycles. The molecule has 3 heteroatoms. The molecule has 98 valence electrons. The molecule has 0 atom stereocenters. The van der Waals surface area contributed by atoms with Crippen LogP contribution in [0.5, 0.6) is 0 Å². The molecule has 0 heterocycles. The maximum absolute atomic E-state index is 11.5. The molecular weight excluding hydrogens is 226 g/mol. The highest BCUT2D eigenvalue weighted by Crippen LogP contribution is 2.25. The summed E-state index contributed by atoms with van der Waals surface area (Å²) >= 11 is 0. The summed E-state index contributed by atoms with van der Waals surface area (Å²) in [6, 6.07) is 6.52. The lowest BCUT2D eigenvalue weighted by Gasteiger charge is -2.22. The van der Waals surface area contributed by atoms with Crippen LogP contribution in [0.3, 0.4) is 0 Å². The molecule has 0 bridgehead atoms. The molecule has 0 amide bonds. The number of carbonyl (C=O) groups is 1. The first-order valence-corrected chi connectivity index (χ1v) is 6.69. The van der Waals surface area contributed by atoms with Crippen LogP contribution in [0.15, 0.2) is 18.2 Å². The molecule has 0 radical (unpaired) electrons. The molecule has 18 heavy (non-hydrogen) atoms. The van der Waals surface area contributed by atoms with Crippen LogP contribution in [0.2, 0.25) is 0 Å². The molecule has 1 aliphatic carbocycles. The summed E-state index contributed by atoms with van der Waals surface area (Å²) < 4.78 is 4.97. The second-order valence-corrected chi connectivity index (χ2v) is 4.82. The number of esters is 1. The fourth-order valence-corrected chi connectivity index (χ4v) is 2.45. The molecular formula is C15H21NO2. The molecule has 0 saturated heterocycles. The Balaban J connectivity index is 2.06. The Kier molecular flexibility index (Phi) is 4.24. The summed E-state index contributed by atoms with van der Waals surface area (Å²) in [6.07, 6.45) is 4.93. The van der Waals surface area contributed by atoms with E-state index in [1.165, 1.54) is 30.4 Å². The van der Waals surface area contributed by atoms with Gasteiger partial charge in [0.25, 0.3) is 0 Å². The van der Waals surface area contributed by atoms with Crippen LogP contribution >= 0.6 is 0 Å². The number of rotatable bonds is 4. The standard InChI is InChI=1S/C15H21NO2/c1-3-18-15(17)11-16(2)14-9-8-12-6-4-5-7-13(12)10-14/h8-10H,3-7,11H2,1-2H3. The van der Waals surface area contributed by atoms with E-state index in [1.807, 2.05) is 18.9 Å². The van der Waals surface area contributed by atoms with Gasteiger partial charge in [-0.1, -0.05) is 6.07 Å². The Morgan fingerprint density at radius 2 is 2.00 bits per heavy atom. The second-order valence-electron chi connectivity index (χ2n) is 4.82. The van der Waals surface area contributed by atoms with Gasteiger partial charge in [0.05, 0.1) is 6.61 Å². The van der Waals surface area contributed by atoms with Crippen LogP contribution in [-0.2, 0) is 22.4 Å². The monoisotopic (exact) mass is 247 g/mol. The summed E-state index contributed by atoms with van der Waals surface area (Å²) in [5, 5.41) is 0. The van der Waals surface area contributed by atoms with Crippen LogP contribution < -0.4 is 4.90 Å². The number of hydrogen-bond acceptors (Lipinski definition) is 3. The molecule has 0 fully saturated rings. The lowest BCUT2D eigenvalue weighted by Crippen LogP contribution is -2.27. The van der Waals surface area contributed by atoms with Gasteiger partial charge in [0.15, 0.2) is 0 Å². The zero-order chi connectivity index (χ0) is 13.0. The van der Waals surface area contributed by atoms with Crippen molar-refractivity contribution in [1.82, 2.24) is 0 Å². The van der Waals surface area contributed by atoms with Crippen LogP contribution in [0, 0.1) is 0 Å². The highest BCUT2D eigenvalue weighted by Gasteiger charge is 2.12. The van der Waals surface area contributed by atoms with Crippen molar-refractivity contribution in [1.29, 1.82) is 0 Å². The van der Waals surface area contributed by atoms with Gasteiger partial charge in [-0.2, -0.15) is 0 Å². The Morgan fingerprint density at radius 1 is 1.28 bits per heavy atom. The molecule has 3 nitrogen and oxygen atoms in total. The maximum Gasteiger partial charge on any atom is 0.325 e. The van der Waals surface area contributed by atoms with Gasteiger partial charge in [0.1, 0.15) is 6.54 Å². The predicted molar refractivity (Wildman–Crippen MR) is 73.0 cm³/mol. The van der Waals surface area contributed by atoms with E-state index in [9.17, 15) is 4.79 Å². The number of likely N-dealkylation sites (N-methyl/N-ethyl adjacent to an activating group) is 1. The van der Waals surface area contributed by atoms with Gasteiger partial charge < -0.3 is 9.64 Å². The zero-order valence-electron chi connectivity index (χ0n) is 11.2. The minimum atomic E-state index is -0.169. The Bertz CT molecular complexity index is 429. The van der Waals surface area contributed by atoms with Gasteiger partial charge in [-0.3, -0.25) is 4.79 Å². The van der Waals surface area contributed by atoms with Gasteiger partial charge in [-0.05, 0) is 55.9 Å². The molecule has 0 N–H and O–H groups in total. The third kappa shape index (κ3) is 3.03. The summed E-state index contributed by atoms with van der Waals surface area (Å²) in [5.74, 6) is -0.169. The van der Waals surface area contributed by atoms with Crippen molar-refractivity contribution in [3.8, 4) is 0 Å². The topological polar surface area (TPSA) is 29.5 Å². The highest BCUT2D eigenvalue weighted by molar-refractivity contribution is 5.75. The molecule has 0 unspecified atom stereocenters. The predicted octanol–water partition coefficient (Wildman–Crippen LogP) is 2.56. The minimum Gasteiger partial charge on any atom is -0.465 e. The molecule has 0 aliphatic heterocycles. The first kappa shape index (κ1) is 12.9. The molecule has 0 spiro atoms. The van der Waals surface area contributed by atoms with E-state index in [-0.39, 0.29) is 5.97 Å². The van der Waals surface area contributed by atoms with Crippen LogP contribution in [0.4, 0.5) is 5.69 Å². The molecule has 1 aromatic rings. The Morgan fingerprint density at radius 3 is 2.72 bits per heavy atom. The lowest BCUT2D eigenvalue weighted by molar-refractivity contribution is -0.141. The fourth-order valence-electron chi connectivity index (χ4n) is 2.45. The Hall–Kier alpha value is -1.51. The van der Waals surface area contributed by atoms with E-state index < -0.39 is 0 Å². The number of aryl methyl sites for hydroxylation is 2. The first-order valence-electron chi connectivity index (χ1n) is 6.69. The van der Waals surface area contributed by atoms with Crippen LogP contribution in [-0.4, -0.2) is 26.2 Å². The summed E-state index contributed by atoms with van der Waals surface area (Å²) in [7, 11) is 1.93. The van der Waals surface area contributed by atoms with Gasteiger partial charge >= 0.3 is 5.97 Å². The van der Waals surface area contributed by atoms with Gasteiger partial charge in [-0.15, -0.1) is 0 Å². The van der Waals surface area contributed by atoms with E-state index in [0.29, 0.717) is 13.2 Å². The van der Waals surface area contributed by atoms with Crippen LogP contribution in [0.25, 0.3) is 0 Å². The quantitative estimate of drug-likeness (QED) is 0.766.